The molecule has 0 bridgehead atoms. The van der Waals surface area contributed by atoms with Crippen LogP contribution in [-0.2, 0) is 0 Å². The fraction of sp³-hybridized carbons (Fsp3) is 0. The molecule has 1 heterocycles. The van der Waals surface area contributed by atoms with Crippen molar-refractivity contribution in [1.29, 1.82) is 0 Å². The van der Waals surface area contributed by atoms with Crippen molar-refractivity contribution >= 4 is 42.6 Å². The average molecular weight is 228 g/mol. The number of hydrogen-bond acceptors (Lipinski definition) is 0. The molecule has 12 heavy (non-hydrogen) atoms. The Kier molecular flexibility index (Phi) is 3.33. The minimum atomic E-state index is 0.937. The molecule has 0 N–H and O–H groups in total. The lowest BCUT2D eigenvalue weighted by Crippen LogP contribution is -1.95. The smallest absolute Gasteiger partial charge is 0.0253 e. The number of rotatable bonds is 2. The normalized spacial score (nSPS) is 13.0. The lowest BCUT2D eigenvalue weighted by Gasteiger charge is -1.96. The highest BCUT2D eigenvalue weighted by atomic mass is 31.8. The summed E-state index contributed by atoms with van der Waals surface area (Å²) in [4.78, 5) is 0. The average Bonchev–Trinajstić information content (AvgIpc) is 2.59. The molecule has 1 aromatic heterocycles. The first-order valence-electron chi connectivity index (χ1n) is 3.63. The molecule has 0 aliphatic heterocycles. The van der Waals surface area contributed by atoms with Crippen molar-refractivity contribution in [3.63, 3.8) is 0 Å². The van der Waals surface area contributed by atoms with Gasteiger partial charge in [0.05, 0.1) is 0 Å². The minimum Gasteiger partial charge on any atom is -0.121 e. The fourth-order valence-corrected chi connectivity index (χ4v) is 8.66. The van der Waals surface area contributed by atoms with E-state index in [-0.39, 0.29) is 0 Å². The van der Waals surface area contributed by atoms with Crippen LogP contribution in [0.25, 0.3) is 0 Å². The van der Waals surface area contributed by atoms with Gasteiger partial charge in [-0.15, -0.1) is 8.19 Å². The molecule has 0 saturated carbocycles. The molecule has 0 aliphatic rings. The van der Waals surface area contributed by atoms with E-state index in [1.54, 1.807) is 4.77 Å². The van der Waals surface area contributed by atoms with E-state index in [0.717, 1.165) is 16.8 Å². The van der Waals surface area contributed by atoms with Gasteiger partial charge in [0.1, 0.15) is 0 Å². The van der Waals surface area contributed by atoms with Crippen LogP contribution in [0.3, 0.4) is 0 Å². The van der Waals surface area contributed by atoms with Gasteiger partial charge >= 0.3 is 0 Å². The van der Waals surface area contributed by atoms with E-state index in [0.29, 0.717) is 0 Å². The van der Waals surface area contributed by atoms with Crippen molar-refractivity contribution in [2.24, 2.45) is 0 Å². The number of benzene rings is 1. The summed E-state index contributed by atoms with van der Waals surface area (Å²) in [7, 11) is 4.98. The van der Waals surface area contributed by atoms with Crippen molar-refractivity contribution < 1.29 is 0 Å². The first kappa shape index (κ1) is 8.87. The lowest BCUT2D eigenvalue weighted by molar-refractivity contribution is 1.78. The Labute approximate surface area is 78.8 Å². The van der Waals surface area contributed by atoms with Gasteiger partial charge in [0, 0.05) is 4.77 Å². The van der Waals surface area contributed by atoms with Crippen LogP contribution >= 0.6 is 32.5 Å². The van der Waals surface area contributed by atoms with E-state index >= 15 is 0 Å². The summed E-state index contributed by atoms with van der Waals surface area (Å²) in [5, 5.41) is 1.48. The van der Waals surface area contributed by atoms with Gasteiger partial charge in [-0.3, -0.25) is 0 Å². The standard InChI is InChI=1S/C8H8P4/c1-2-4-7(5-3-1)11-8-9-6-10-12-8/h1-6,9,11H. The quantitative estimate of drug-likeness (QED) is 0.690. The first-order valence-corrected chi connectivity index (χ1v) is 8.27. The molecule has 0 saturated heterocycles. The van der Waals surface area contributed by atoms with E-state index in [2.05, 4.69) is 35.9 Å². The summed E-state index contributed by atoms with van der Waals surface area (Å²) in [6.07, 6.45) is 0. The highest BCUT2D eigenvalue weighted by Crippen LogP contribution is 2.32. The third-order valence-corrected chi connectivity index (χ3v) is 9.20. The maximum atomic E-state index is 2.38. The Morgan fingerprint density at radius 3 is 2.67 bits per heavy atom. The highest BCUT2D eigenvalue weighted by molar-refractivity contribution is 8.03. The van der Waals surface area contributed by atoms with E-state index in [1.165, 1.54) is 21.0 Å². The largest absolute Gasteiger partial charge is 0.121 e. The zero-order valence-electron chi connectivity index (χ0n) is 6.36. The maximum Gasteiger partial charge on any atom is 0.0253 e. The molecule has 0 aliphatic carbocycles. The summed E-state index contributed by atoms with van der Waals surface area (Å²) in [6, 6.07) is 10.8. The predicted molar refractivity (Wildman–Crippen MR) is 65.0 cm³/mol. The van der Waals surface area contributed by atoms with E-state index in [9.17, 15) is 0 Å². The maximum absolute atomic E-state index is 2.38. The minimum absolute atomic E-state index is 0.937. The van der Waals surface area contributed by atoms with Gasteiger partial charge in [0.15, 0.2) is 0 Å². The molecule has 2 aromatic rings. The van der Waals surface area contributed by atoms with Crippen molar-refractivity contribution in [3.8, 4) is 0 Å². The molecule has 0 radical (unpaired) electrons. The Morgan fingerprint density at radius 1 is 1.17 bits per heavy atom. The molecule has 0 amide bonds. The molecular formula is C8H8P4. The van der Waals surface area contributed by atoms with Gasteiger partial charge in [0.2, 0.25) is 0 Å². The van der Waals surface area contributed by atoms with Crippen LogP contribution in [0.5, 0.6) is 0 Å². The summed E-state index contributed by atoms with van der Waals surface area (Å²) in [5.74, 6) is 0. The van der Waals surface area contributed by atoms with Gasteiger partial charge in [-0.2, -0.15) is 0 Å². The second-order valence-electron chi connectivity index (χ2n) is 2.33. The monoisotopic (exact) mass is 228 g/mol. The third kappa shape index (κ3) is 2.39. The van der Waals surface area contributed by atoms with Crippen LogP contribution in [0.2, 0.25) is 0 Å². The third-order valence-electron chi connectivity index (χ3n) is 1.45. The topological polar surface area (TPSA) is 0 Å². The molecule has 60 valence electrons. The Morgan fingerprint density at radius 2 is 2.00 bits per heavy atom. The van der Waals surface area contributed by atoms with Crippen LogP contribution in [0.1, 0.15) is 0 Å². The Balaban J connectivity index is 2.15. The van der Waals surface area contributed by atoms with Crippen LogP contribution in [-0.4, -0.2) is 0 Å². The second-order valence-corrected chi connectivity index (χ2v) is 8.99. The van der Waals surface area contributed by atoms with Crippen molar-refractivity contribution in [2.45, 2.75) is 0 Å². The van der Waals surface area contributed by atoms with Crippen LogP contribution in [0.15, 0.2) is 35.9 Å². The van der Waals surface area contributed by atoms with E-state index in [1.807, 2.05) is 0 Å². The first-order chi connectivity index (χ1) is 5.95. The fourth-order valence-electron chi connectivity index (χ4n) is 0.925. The summed E-state index contributed by atoms with van der Waals surface area (Å²) in [6.45, 7) is 0. The molecule has 2 rings (SSSR count). The van der Waals surface area contributed by atoms with E-state index in [4.69, 9.17) is 0 Å². The second kappa shape index (κ2) is 4.50. The Hall–Kier alpha value is 0.290. The van der Waals surface area contributed by atoms with Gasteiger partial charge in [-0.25, -0.2) is 0 Å². The molecular weight excluding hydrogens is 220 g/mol. The SMILES string of the molecule is c1ccc(Pc2ppc[pH]2)cc1. The van der Waals surface area contributed by atoms with Gasteiger partial charge in [0.25, 0.3) is 0 Å². The zero-order valence-corrected chi connectivity index (χ0v) is 10.1. The van der Waals surface area contributed by atoms with Crippen LogP contribution in [0.4, 0.5) is 0 Å². The van der Waals surface area contributed by atoms with Crippen LogP contribution in [0, 0.1) is 0 Å². The van der Waals surface area contributed by atoms with E-state index < -0.39 is 0 Å². The molecule has 1 aromatic carbocycles. The Bertz CT molecular complexity index is 327. The van der Waals surface area contributed by atoms with Crippen molar-refractivity contribution in [1.82, 2.24) is 0 Å². The summed E-state index contributed by atoms with van der Waals surface area (Å²) >= 11 is 0. The zero-order chi connectivity index (χ0) is 8.23. The van der Waals surface area contributed by atoms with Crippen molar-refractivity contribution in [2.75, 3.05) is 0 Å². The van der Waals surface area contributed by atoms with Gasteiger partial charge < -0.3 is 0 Å². The van der Waals surface area contributed by atoms with Gasteiger partial charge in [-0.1, -0.05) is 30.3 Å². The molecule has 0 nitrogen and oxygen atoms in total. The van der Waals surface area contributed by atoms with Crippen LogP contribution < -0.4 is 10.1 Å². The molecule has 2 atom stereocenters. The lowest BCUT2D eigenvalue weighted by atomic mass is 10.4. The van der Waals surface area contributed by atoms with Crippen molar-refractivity contribution in [3.05, 3.63) is 35.9 Å². The molecule has 0 fully saturated rings. The highest BCUT2D eigenvalue weighted by Gasteiger charge is 1.94. The molecule has 2 unspecified atom stereocenters. The molecule has 4 heteroatoms. The summed E-state index contributed by atoms with van der Waals surface area (Å²) in [5.41, 5.74) is 2.38. The molecule has 0 spiro atoms. The predicted octanol–water partition coefficient (Wildman–Crippen LogP) is 3.51. The summed E-state index contributed by atoms with van der Waals surface area (Å²) < 4.78 is 1.71. The number of hydrogen-bond donors (Lipinski definition) is 0. The van der Waals surface area contributed by atoms with Gasteiger partial charge in [-0.05, 0) is 35.2 Å².